The number of ether oxygens (including phenoxy) is 2. The van der Waals surface area contributed by atoms with Crippen LogP contribution in [-0.2, 0) is 11.3 Å². The van der Waals surface area contributed by atoms with Gasteiger partial charge in [0, 0.05) is 0 Å². The van der Waals surface area contributed by atoms with Crippen molar-refractivity contribution in [2.75, 3.05) is 13.3 Å². The number of benzene rings is 1. The van der Waals surface area contributed by atoms with Crippen LogP contribution in [0.1, 0.15) is 24.0 Å². The molecule has 1 aromatic rings. The Bertz CT molecular complexity index is 368. The zero-order valence-electron chi connectivity index (χ0n) is 8.63. The van der Waals surface area contributed by atoms with Crippen LogP contribution in [0, 0.1) is 5.82 Å². The van der Waals surface area contributed by atoms with Gasteiger partial charge in [0.2, 0.25) is 0 Å². The Kier molecular flexibility index (Phi) is 2.88. The zero-order valence-corrected chi connectivity index (χ0v) is 8.63. The molecule has 0 saturated carbocycles. The number of nitrogens with two attached hydrogens (primary N) is 1. The van der Waals surface area contributed by atoms with Gasteiger partial charge in [0.25, 0.3) is 0 Å². The van der Waals surface area contributed by atoms with Gasteiger partial charge in [-0.25, -0.2) is 4.39 Å². The Labute approximate surface area is 88.0 Å². The molecule has 0 aromatic heterocycles. The summed E-state index contributed by atoms with van der Waals surface area (Å²) in [6, 6.07) is 3.18. The lowest BCUT2D eigenvalue weighted by atomic mass is 9.97. The fourth-order valence-electron chi connectivity index (χ4n) is 1.69. The molecule has 3 nitrogen and oxygen atoms in total. The highest BCUT2D eigenvalue weighted by Gasteiger charge is 2.21. The van der Waals surface area contributed by atoms with Crippen molar-refractivity contribution in [3.8, 4) is 5.75 Å². The highest BCUT2D eigenvalue weighted by atomic mass is 19.1. The first kappa shape index (κ1) is 10.4. The topological polar surface area (TPSA) is 44.5 Å². The molecule has 1 heterocycles. The van der Waals surface area contributed by atoms with Crippen molar-refractivity contribution in [3.05, 3.63) is 29.1 Å². The van der Waals surface area contributed by atoms with Crippen molar-refractivity contribution in [2.24, 2.45) is 5.73 Å². The van der Waals surface area contributed by atoms with Gasteiger partial charge in [-0.05, 0) is 24.1 Å². The van der Waals surface area contributed by atoms with Gasteiger partial charge >= 0.3 is 0 Å². The van der Waals surface area contributed by atoms with Crippen molar-refractivity contribution in [3.63, 3.8) is 0 Å². The van der Waals surface area contributed by atoms with Gasteiger partial charge in [-0.1, -0.05) is 13.0 Å². The average molecular weight is 211 g/mol. The third-order valence-electron chi connectivity index (χ3n) is 2.65. The Morgan fingerprint density at radius 2 is 2.33 bits per heavy atom. The first-order valence-electron chi connectivity index (χ1n) is 4.96. The summed E-state index contributed by atoms with van der Waals surface area (Å²) in [5.74, 6) is 0.495. The molecule has 2 N–H and O–H groups in total. The molecule has 1 atom stereocenters. The average Bonchev–Trinajstić information content (AvgIpc) is 2.29. The van der Waals surface area contributed by atoms with Gasteiger partial charge in [0.15, 0.2) is 6.79 Å². The van der Waals surface area contributed by atoms with E-state index < -0.39 is 0 Å². The molecule has 1 aromatic carbocycles. The van der Waals surface area contributed by atoms with E-state index in [4.69, 9.17) is 15.2 Å². The van der Waals surface area contributed by atoms with Crippen LogP contribution >= 0.6 is 0 Å². The normalized spacial score (nSPS) is 16.7. The highest BCUT2D eigenvalue weighted by molar-refractivity contribution is 5.44. The smallest absolute Gasteiger partial charge is 0.189 e. The third kappa shape index (κ3) is 1.82. The summed E-state index contributed by atoms with van der Waals surface area (Å²) < 4.78 is 23.8. The van der Waals surface area contributed by atoms with E-state index in [9.17, 15) is 4.39 Å². The fraction of sp³-hybridized carbons (Fsp3) is 0.455. The lowest BCUT2D eigenvalue weighted by Crippen LogP contribution is -2.17. The molecule has 0 fully saturated rings. The lowest BCUT2D eigenvalue weighted by Gasteiger charge is -2.23. The van der Waals surface area contributed by atoms with E-state index in [1.54, 1.807) is 6.07 Å². The summed E-state index contributed by atoms with van der Waals surface area (Å²) in [4.78, 5) is 0. The number of hydrogen-bond donors (Lipinski definition) is 1. The van der Waals surface area contributed by atoms with Crippen LogP contribution < -0.4 is 10.5 Å². The van der Waals surface area contributed by atoms with Crippen molar-refractivity contribution < 1.29 is 13.9 Å². The van der Waals surface area contributed by atoms with Crippen LogP contribution in [0.5, 0.6) is 5.75 Å². The molecular weight excluding hydrogens is 197 g/mol. The number of rotatable bonds is 2. The fourth-order valence-corrected chi connectivity index (χ4v) is 1.69. The molecular formula is C11H14FNO2. The maximum Gasteiger partial charge on any atom is 0.189 e. The first-order valence-corrected chi connectivity index (χ1v) is 4.96. The molecule has 0 bridgehead atoms. The number of halogens is 1. The molecule has 82 valence electrons. The first-order chi connectivity index (χ1) is 7.24. The van der Waals surface area contributed by atoms with Crippen LogP contribution in [0.4, 0.5) is 4.39 Å². The third-order valence-corrected chi connectivity index (χ3v) is 2.65. The quantitative estimate of drug-likeness (QED) is 0.810. The van der Waals surface area contributed by atoms with Gasteiger partial charge in [-0.15, -0.1) is 0 Å². The Morgan fingerprint density at radius 3 is 3.07 bits per heavy atom. The summed E-state index contributed by atoms with van der Waals surface area (Å²) in [6.45, 7) is 2.96. The van der Waals surface area contributed by atoms with Crippen LogP contribution in [0.2, 0.25) is 0 Å². The Balaban J connectivity index is 2.48. The SMILES string of the molecule is CC(CN)c1ccc(F)c2c1OCOC2. The van der Waals surface area contributed by atoms with Gasteiger partial charge in [0.1, 0.15) is 11.6 Å². The molecule has 0 aliphatic carbocycles. The van der Waals surface area contributed by atoms with Crippen LogP contribution in [-0.4, -0.2) is 13.3 Å². The van der Waals surface area contributed by atoms with E-state index in [-0.39, 0.29) is 25.1 Å². The summed E-state index contributed by atoms with van der Waals surface area (Å²) in [5, 5.41) is 0. The standard InChI is InChI=1S/C11H14FNO2/c1-7(4-13)8-2-3-10(12)9-5-14-6-15-11(8)9/h2-3,7H,4-6,13H2,1H3. The predicted octanol–water partition coefficient (Wildman–Crippen LogP) is 1.75. The highest BCUT2D eigenvalue weighted by Crippen LogP contribution is 2.34. The number of fused-ring (bicyclic) bond motifs is 1. The Hall–Kier alpha value is -1.13. The minimum atomic E-state index is -0.280. The molecule has 0 amide bonds. The summed E-state index contributed by atoms with van der Waals surface area (Å²) >= 11 is 0. The minimum absolute atomic E-state index is 0.164. The van der Waals surface area contributed by atoms with E-state index in [1.165, 1.54) is 6.07 Å². The zero-order chi connectivity index (χ0) is 10.8. The molecule has 1 aliphatic rings. The molecule has 2 rings (SSSR count). The Morgan fingerprint density at radius 1 is 1.53 bits per heavy atom. The monoisotopic (exact) mass is 211 g/mol. The number of hydrogen-bond acceptors (Lipinski definition) is 3. The van der Waals surface area contributed by atoms with Crippen molar-refractivity contribution in [2.45, 2.75) is 19.4 Å². The maximum atomic E-state index is 13.4. The van der Waals surface area contributed by atoms with Crippen LogP contribution in [0.3, 0.4) is 0 Å². The van der Waals surface area contributed by atoms with E-state index in [2.05, 4.69) is 0 Å². The van der Waals surface area contributed by atoms with E-state index in [1.807, 2.05) is 6.92 Å². The van der Waals surface area contributed by atoms with Crippen molar-refractivity contribution in [1.82, 2.24) is 0 Å². The van der Waals surface area contributed by atoms with E-state index in [0.29, 0.717) is 17.9 Å². The maximum absolute atomic E-state index is 13.4. The largest absolute Gasteiger partial charge is 0.467 e. The molecule has 0 radical (unpaired) electrons. The van der Waals surface area contributed by atoms with Gasteiger partial charge < -0.3 is 15.2 Å². The van der Waals surface area contributed by atoms with Crippen molar-refractivity contribution in [1.29, 1.82) is 0 Å². The second-order valence-electron chi connectivity index (χ2n) is 3.69. The molecule has 4 heteroatoms. The second-order valence-corrected chi connectivity index (χ2v) is 3.69. The minimum Gasteiger partial charge on any atom is -0.467 e. The molecule has 15 heavy (non-hydrogen) atoms. The lowest BCUT2D eigenvalue weighted by molar-refractivity contribution is -0.0190. The second kappa shape index (κ2) is 4.16. The van der Waals surface area contributed by atoms with Gasteiger partial charge in [-0.2, -0.15) is 0 Å². The van der Waals surface area contributed by atoms with Crippen LogP contribution in [0.15, 0.2) is 12.1 Å². The summed E-state index contributed by atoms with van der Waals surface area (Å²) in [5.41, 5.74) is 7.05. The summed E-state index contributed by atoms with van der Waals surface area (Å²) in [7, 11) is 0. The van der Waals surface area contributed by atoms with E-state index >= 15 is 0 Å². The van der Waals surface area contributed by atoms with E-state index in [0.717, 1.165) is 5.56 Å². The molecule has 1 unspecified atom stereocenters. The van der Waals surface area contributed by atoms with Gasteiger partial charge in [0.05, 0.1) is 12.2 Å². The van der Waals surface area contributed by atoms with Crippen LogP contribution in [0.25, 0.3) is 0 Å². The molecule has 0 spiro atoms. The molecule has 1 aliphatic heterocycles. The predicted molar refractivity (Wildman–Crippen MR) is 54.2 cm³/mol. The van der Waals surface area contributed by atoms with Crippen molar-refractivity contribution >= 4 is 0 Å². The van der Waals surface area contributed by atoms with Gasteiger partial charge in [-0.3, -0.25) is 0 Å². The molecule has 0 saturated heterocycles. The summed E-state index contributed by atoms with van der Waals surface area (Å²) in [6.07, 6.45) is 0.